The first-order valence-electron chi connectivity index (χ1n) is 6.09. The molecule has 0 heterocycles. The summed E-state index contributed by atoms with van der Waals surface area (Å²) in [5.41, 5.74) is 1.13. The first kappa shape index (κ1) is 13.4. The molecule has 1 atom stereocenters. The van der Waals surface area contributed by atoms with Crippen molar-refractivity contribution in [2.75, 3.05) is 12.8 Å². The first-order valence-corrected chi connectivity index (χ1v) is 7.32. The molecule has 4 nitrogen and oxygen atoms in total. The molecule has 0 bridgehead atoms. The van der Waals surface area contributed by atoms with E-state index in [9.17, 15) is 10.1 Å². The van der Waals surface area contributed by atoms with E-state index in [2.05, 4.69) is 18.5 Å². The number of hydrogen-bond donors (Lipinski definition) is 1. The number of nitro groups is 1. The second-order valence-electron chi connectivity index (χ2n) is 4.84. The van der Waals surface area contributed by atoms with Gasteiger partial charge in [0.1, 0.15) is 0 Å². The van der Waals surface area contributed by atoms with E-state index in [1.807, 2.05) is 17.8 Å². The molecule has 1 N–H and O–H groups in total. The van der Waals surface area contributed by atoms with Crippen LogP contribution in [0.15, 0.2) is 24.3 Å². The first-order chi connectivity index (χ1) is 8.56. The smallest absolute Gasteiger partial charge is 0.269 e. The lowest BCUT2D eigenvalue weighted by Crippen LogP contribution is -2.28. The SMILES string of the molecule is CSC1(CNC(C)c2cccc([N+](=O)[O-])c2)CC1. The Labute approximate surface area is 111 Å². The Morgan fingerprint density at radius 1 is 1.56 bits per heavy atom. The fourth-order valence-electron chi connectivity index (χ4n) is 1.96. The molecule has 0 aliphatic heterocycles. The van der Waals surface area contributed by atoms with Crippen molar-refractivity contribution in [2.24, 2.45) is 0 Å². The molecular formula is C13H18N2O2S. The second kappa shape index (κ2) is 5.28. The molecule has 0 amide bonds. The number of hydrogen-bond acceptors (Lipinski definition) is 4. The Kier molecular flexibility index (Phi) is 3.92. The van der Waals surface area contributed by atoms with Gasteiger partial charge < -0.3 is 5.32 Å². The van der Waals surface area contributed by atoms with Crippen molar-refractivity contribution in [1.29, 1.82) is 0 Å². The lowest BCUT2D eigenvalue weighted by Gasteiger charge is -2.18. The van der Waals surface area contributed by atoms with E-state index in [0.29, 0.717) is 4.75 Å². The zero-order valence-electron chi connectivity index (χ0n) is 10.7. The van der Waals surface area contributed by atoms with Gasteiger partial charge in [0.25, 0.3) is 5.69 Å². The molecule has 1 aliphatic carbocycles. The van der Waals surface area contributed by atoms with Gasteiger partial charge in [-0.05, 0) is 31.6 Å². The van der Waals surface area contributed by atoms with Gasteiger partial charge in [-0.15, -0.1) is 0 Å². The minimum Gasteiger partial charge on any atom is -0.309 e. The average molecular weight is 266 g/mol. The predicted octanol–water partition coefficient (Wildman–Crippen LogP) is 3.14. The van der Waals surface area contributed by atoms with Gasteiger partial charge in [-0.25, -0.2) is 0 Å². The highest BCUT2D eigenvalue weighted by molar-refractivity contribution is 8.00. The van der Waals surface area contributed by atoms with Crippen molar-refractivity contribution >= 4 is 17.4 Å². The Bertz CT molecular complexity index is 446. The van der Waals surface area contributed by atoms with E-state index in [4.69, 9.17) is 0 Å². The number of nitrogens with one attached hydrogen (secondary N) is 1. The van der Waals surface area contributed by atoms with Crippen molar-refractivity contribution in [1.82, 2.24) is 5.32 Å². The lowest BCUT2D eigenvalue weighted by molar-refractivity contribution is -0.384. The van der Waals surface area contributed by atoms with Crippen LogP contribution in [0.1, 0.15) is 31.4 Å². The second-order valence-corrected chi connectivity index (χ2v) is 6.12. The highest BCUT2D eigenvalue weighted by Crippen LogP contribution is 2.46. The molecule has 98 valence electrons. The third-order valence-corrected chi connectivity index (χ3v) is 4.97. The summed E-state index contributed by atoms with van der Waals surface area (Å²) in [5.74, 6) is 0. The van der Waals surface area contributed by atoms with Gasteiger partial charge in [0.2, 0.25) is 0 Å². The van der Waals surface area contributed by atoms with E-state index in [-0.39, 0.29) is 16.7 Å². The van der Waals surface area contributed by atoms with Gasteiger partial charge in [-0.3, -0.25) is 10.1 Å². The zero-order valence-corrected chi connectivity index (χ0v) is 11.5. The quantitative estimate of drug-likeness (QED) is 0.635. The number of thioether (sulfide) groups is 1. The lowest BCUT2D eigenvalue weighted by atomic mass is 10.1. The number of non-ortho nitro benzene ring substituents is 1. The fourth-order valence-corrected chi connectivity index (χ4v) is 2.70. The standard InChI is InChI=1S/C13H18N2O2S/c1-10(14-9-13(18-2)6-7-13)11-4-3-5-12(8-11)15(16)17/h3-5,8,10,14H,6-7,9H2,1-2H3. The molecule has 1 aromatic rings. The summed E-state index contributed by atoms with van der Waals surface area (Å²) in [5, 5.41) is 14.2. The maximum absolute atomic E-state index is 10.7. The summed E-state index contributed by atoms with van der Waals surface area (Å²) in [6.45, 7) is 3.02. The van der Waals surface area contributed by atoms with Crippen molar-refractivity contribution < 1.29 is 4.92 Å². The van der Waals surface area contributed by atoms with Crippen LogP contribution in [-0.2, 0) is 0 Å². The summed E-state index contributed by atoms with van der Waals surface area (Å²) in [4.78, 5) is 10.4. The van der Waals surface area contributed by atoms with Gasteiger partial charge >= 0.3 is 0 Å². The maximum Gasteiger partial charge on any atom is 0.269 e. The van der Waals surface area contributed by atoms with Crippen molar-refractivity contribution in [3.05, 3.63) is 39.9 Å². The molecule has 0 radical (unpaired) electrons. The molecule has 5 heteroatoms. The van der Waals surface area contributed by atoms with Crippen LogP contribution in [0, 0.1) is 10.1 Å². The van der Waals surface area contributed by atoms with Crippen LogP contribution in [0.25, 0.3) is 0 Å². The van der Waals surface area contributed by atoms with Crippen LogP contribution in [0.3, 0.4) is 0 Å². The van der Waals surface area contributed by atoms with Crippen molar-refractivity contribution in [3.63, 3.8) is 0 Å². The summed E-state index contributed by atoms with van der Waals surface area (Å²) >= 11 is 1.91. The molecule has 1 saturated carbocycles. The monoisotopic (exact) mass is 266 g/mol. The molecule has 1 aliphatic rings. The maximum atomic E-state index is 10.7. The van der Waals surface area contributed by atoms with Gasteiger partial charge in [0.15, 0.2) is 0 Å². The van der Waals surface area contributed by atoms with E-state index in [0.717, 1.165) is 12.1 Å². The van der Waals surface area contributed by atoms with Gasteiger partial charge in [-0.1, -0.05) is 12.1 Å². The van der Waals surface area contributed by atoms with E-state index in [1.54, 1.807) is 12.1 Å². The number of rotatable bonds is 6. The van der Waals surface area contributed by atoms with Crippen molar-refractivity contribution in [2.45, 2.75) is 30.6 Å². The van der Waals surface area contributed by atoms with Crippen LogP contribution >= 0.6 is 11.8 Å². The molecule has 0 aromatic heterocycles. The minimum atomic E-state index is -0.347. The summed E-state index contributed by atoms with van der Waals surface area (Å²) in [6, 6.07) is 7.00. The summed E-state index contributed by atoms with van der Waals surface area (Å²) in [7, 11) is 0. The molecule has 1 fully saturated rings. The Balaban J connectivity index is 1.98. The van der Waals surface area contributed by atoms with E-state index in [1.165, 1.54) is 18.9 Å². The van der Waals surface area contributed by atoms with Gasteiger partial charge in [0, 0.05) is 29.5 Å². The van der Waals surface area contributed by atoms with Gasteiger partial charge in [-0.2, -0.15) is 11.8 Å². The molecule has 2 rings (SSSR count). The Hall–Kier alpha value is -1.07. The number of benzene rings is 1. The largest absolute Gasteiger partial charge is 0.309 e. The highest BCUT2D eigenvalue weighted by Gasteiger charge is 2.41. The van der Waals surface area contributed by atoms with Crippen LogP contribution in [-0.4, -0.2) is 22.5 Å². The predicted molar refractivity (Wildman–Crippen MR) is 75.0 cm³/mol. The third kappa shape index (κ3) is 3.03. The van der Waals surface area contributed by atoms with Crippen LogP contribution in [0.5, 0.6) is 0 Å². The molecule has 1 unspecified atom stereocenters. The summed E-state index contributed by atoms with van der Waals surface area (Å²) in [6.07, 6.45) is 4.68. The average Bonchev–Trinajstić information content (AvgIpc) is 3.17. The molecule has 18 heavy (non-hydrogen) atoms. The van der Waals surface area contributed by atoms with Gasteiger partial charge in [0.05, 0.1) is 4.92 Å². The summed E-state index contributed by atoms with van der Waals surface area (Å²) < 4.78 is 0.412. The van der Waals surface area contributed by atoms with E-state index >= 15 is 0 Å². The normalized spacial score (nSPS) is 18.3. The fraction of sp³-hybridized carbons (Fsp3) is 0.538. The van der Waals surface area contributed by atoms with E-state index < -0.39 is 0 Å². The number of nitro benzene ring substituents is 1. The highest BCUT2D eigenvalue weighted by atomic mass is 32.2. The Morgan fingerprint density at radius 2 is 2.28 bits per heavy atom. The minimum absolute atomic E-state index is 0.148. The Morgan fingerprint density at radius 3 is 2.83 bits per heavy atom. The van der Waals surface area contributed by atoms with Crippen LogP contribution in [0.4, 0.5) is 5.69 Å². The molecular weight excluding hydrogens is 248 g/mol. The number of nitrogens with zero attached hydrogens (tertiary/aromatic N) is 1. The van der Waals surface area contributed by atoms with Crippen molar-refractivity contribution in [3.8, 4) is 0 Å². The third-order valence-electron chi connectivity index (χ3n) is 3.55. The molecule has 1 aromatic carbocycles. The topological polar surface area (TPSA) is 55.2 Å². The van der Waals surface area contributed by atoms with Crippen LogP contribution in [0.2, 0.25) is 0 Å². The van der Waals surface area contributed by atoms with Crippen LogP contribution < -0.4 is 5.32 Å². The molecule has 0 saturated heterocycles. The molecule has 0 spiro atoms. The zero-order chi connectivity index (χ0) is 13.2.